The van der Waals surface area contributed by atoms with Crippen molar-refractivity contribution >= 4 is 0 Å². The van der Waals surface area contributed by atoms with Crippen LogP contribution >= 0.6 is 0 Å². The molecule has 0 bridgehead atoms. The minimum atomic E-state index is -4.50. The normalized spacial score (nSPS) is 12.6. The van der Waals surface area contributed by atoms with E-state index in [1.807, 2.05) is 0 Å². The molecule has 0 fully saturated rings. The predicted octanol–water partition coefficient (Wildman–Crippen LogP) is 6.69. The third-order valence-electron chi connectivity index (χ3n) is 7.16. The molecule has 0 aliphatic heterocycles. The zero-order valence-corrected chi connectivity index (χ0v) is 24.7. The third kappa shape index (κ3) is 7.94. The summed E-state index contributed by atoms with van der Waals surface area (Å²) in [5.41, 5.74) is -0.253. The SMILES string of the molecule is FC(F)(F)c1ccc(-n2cc(CN(Cc3cn(-c4ccc(C(F)(F)F)cc4)nn3)Cc3cn(-c4ccc(C(F)(F)F)cc4)nn3)nn2)cc1. The molecule has 254 valence electrons. The fourth-order valence-electron chi connectivity index (χ4n) is 4.76. The molecule has 0 unspecified atom stereocenters. The molecule has 0 aliphatic carbocycles. The molecule has 3 aromatic carbocycles. The van der Waals surface area contributed by atoms with Crippen LogP contribution in [0.5, 0.6) is 0 Å². The lowest BCUT2D eigenvalue weighted by Crippen LogP contribution is -2.23. The first-order chi connectivity index (χ1) is 23.1. The van der Waals surface area contributed by atoms with Gasteiger partial charge in [-0.1, -0.05) is 15.6 Å². The maximum Gasteiger partial charge on any atom is 0.416 e. The summed E-state index contributed by atoms with van der Waals surface area (Å²) < 4.78 is 121. The third-order valence-corrected chi connectivity index (χ3v) is 7.16. The Morgan fingerprint density at radius 2 is 0.653 bits per heavy atom. The van der Waals surface area contributed by atoms with Crippen LogP contribution in [0.1, 0.15) is 33.8 Å². The van der Waals surface area contributed by atoms with Crippen LogP contribution in [-0.4, -0.2) is 49.9 Å². The van der Waals surface area contributed by atoms with Gasteiger partial charge in [-0.2, -0.15) is 39.5 Å². The maximum absolute atomic E-state index is 13.0. The van der Waals surface area contributed by atoms with Crippen LogP contribution in [0.25, 0.3) is 17.1 Å². The van der Waals surface area contributed by atoms with Gasteiger partial charge in [-0.15, -0.1) is 15.3 Å². The fraction of sp³-hybridized carbons (Fsp3) is 0.200. The van der Waals surface area contributed by atoms with Gasteiger partial charge in [-0.25, -0.2) is 14.0 Å². The lowest BCUT2D eigenvalue weighted by atomic mass is 10.2. The van der Waals surface area contributed by atoms with E-state index in [0.717, 1.165) is 36.4 Å². The first-order valence-corrected chi connectivity index (χ1v) is 14.1. The van der Waals surface area contributed by atoms with Crippen molar-refractivity contribution in [2.24, 2.45) is 0 Å². The summed E-state index contributed by atoms with van der Waals surface area (Å²) >= 11 is 0. The Morgan fingerprint density at radius 3 is 0.878 bits per heavy atom. The van der Waals surface area contributed by atoms with E-state index >= 15 is 0 Å². The number of rotatable bonds is 9. The van der Waals surface area contributed by atoms with Crippen LogP contribution in [0.4, 0.5) is 39.5 Å². The summed E-state index contributed by atoms with van der Waals surface area (Å²) in [4.78, 5) is 1.79. The Hall–Kier alpha value is -5.59. The van der Waals surface area contributed by atoms with Gasteiger partial charge in [0.1, 0.15) is 0 Å². The number of hydrogen-bond acceptors (Lipinski definition) is 7. The van der Waals surface area contributed by atoms with E-state index < -0.39 is 35.2 Å². The number of aromatic nitrogens is 9. The highest BCUT2D eigenvalue weighted by molar-refractivity contribution is 5.37. The second kappa shape index (κ2) is 12.8. The van der Waals surface area contributed by atoms with Gasteiger partial charge in [0.2, 0.25) is 0 Å². The van der Waals surface area contributed by atoms with Gasteiger partial charge in [0.25, 0.3) is 0 Å². The van der Waals surface area contributed by atoms with E-state index in [9.17, 15) is 39.5 Å². The van der Waals surface area contributed by atoms with Crippen molar-refractivity contribution in [3.8, 4) is 17.1 Å². The molecular formula is C30H21F9N10. The van der Waals surface area contributed by atoms with E-state index in [-0.39, 0.29) is 19.6 Å². The second-order valence-corrected chi connectivity index (χ2v) is 10.7. The smallest absolute Gasteiger partial charge is 0.285 e. The van der Waals surface area contributed by atoms with E-state index in [0.29, 0.717) is 34.1 Å². The average molecular weight is 693 g/mol. The Kier molecular flexibility index (Phi) is 8.70. The minimum absolute atomic E-state index is 0.112. The summed E-state index contributed by atoms with van der Waals surface area (Å²) in [5.74, 6) is 0. The van der Waals surface area contributed by atoms with Crippen LogP contribution in [-0.2, 0) is 38.2 Å². The van der Waals surface area contributed by atoms with Crippen LogP contribution in [0, 0.1) is 0 Å². The first kappa shape index (κ1) is 33.3. The Morgan fingerprint density at radius 1 is 0.408 bits per heavy atom. The first-order valence-electron chi connectivity index (χ1n) is 14.1. The van der Waals surface area contributed by atoms with Gasteiger partial charge < -0.3 is 0 Å². The van der Waals surface area contributed by atoms with Gasteiger partial charge in [-0.3, -0.25) is 4.90 Å². The van der Waals surface area contributed by atoms with E-state index in [4.69, 9.17) is 0 Å². The van der Waals surface area contributed by atoms with Crippen molar-refractivity contribution in [3.05, 3.63) is 125 Å². The van der Waals surface area contributed by atoms with Crippen LogP contribution in [0.2, 0.25) is 0 Å². The van der Waals surface area contributed by atoms with Crippen molar-refractivity contribution in [3.63, 3.8) is 0 Å². The quantitative estimate of drug-likeness (QED) is 0.156. The molecule has 49 heavy (non-hydrogen) atoms. The Labute approximate surface area is 270 Å². The van der Waals surface area contributed by atoms with Gasteiger partial charge in [-0.05, 0) is 72.8 Å². The molecule has 3 aromatic heterocycles. The molecular weight excluding hydrogens is 671 g/mol. The molecule has 0 saturated carbocycles. The lowest BCUT2D eigenvalue weighted by Gasteiger charge is -2.18. The average Bonchev–Trinajstić information content (AvgIpc) is 3.82. The molecule has 10 nitrogen and oxygen atoms in total. The van der Waals surface area contributed by atoms with Crippen molar-refractivity contribution in [1.29, 1.82) is 0 Å². The number of alkyl halides is 9. The van der Waals surface area contributed by atoms with E-state index in [1.165, 1.54) is 69.0 Å². The van der Waals surface area contributed by atoms with Crippen molar-refractivity contribution in [2.75, 3.05) is 0 Å². The predicted molar refractivity (Wildman–Crippen MR) is 152 cm³/mol. The molecule has 6 aromatic rings. The topological polar surface area (TPSA) is 95.4 Å². The largest absolute Gasteiger partial charge is 0.416 e. The van der Waals surface area contributed by atoms with Gasteiger partial charge in [0, 0.05) is 19.6 Å². The molecule has 6 rings (SSSR count). The molecule has 0 saturated heterocycles. The number of benzene rings is 3. The molecule has 0 radical (unpaired) electrons. The molecule has 0 spiro atoms. The van der Waals surface area contributed by atoms with Gasteiger partial charge in [0.15, 0.2) is 0 Å². The molecule has 0 atom stereocenters. The van der Waals surface area contributed by atoms with E-state index in [1.54, 1.807) is 4.90 Å². The maximum atomic E-state index is 13.0. The number of hydrogen-bond donors (Lipinski definition) is 0. The molecule has 3 heterocycles. The standard InChI is InChI=1S/C30H21F9N10/c31-28(32,33)19-1-7-25(8-2-19)47-16-22(40-43-47)13-46(14-23-17-48(44-41-23)26-9-3-20(4-10-26)29(34,35)36)15-24-18-49(45-42-24)27-11-5-21(6-12-27)30(37,38)39/h1-12,16-18H,13-15H2. The van der Waals surface area contributed by atoms with Gasteiger partial charge in [0.05, 0.1) is 69.4 Å². The van der Waals surface area contributed by atoms with Crippen LogP contribution < -0.4 is 0 Å². The molecule has 19 heteroatoms. The Bertz CT molecular complexity index is 1770. The molecule has 0 aliphatic rings. The second-order valence-electron chi connectivity index (χ2n) is 10.7. The zero-order valence-electron chi connectivity index (χ0n) is 24.7. The summed E-state index contributed by atoms with van der Waals surface area (Å²) in [6.07, 6.45) is -8.95. The van der Waals surface area contributed by atoms with Crippen LogP contribution in [0.3, 0.4) is 0 Å². The number of nitrogens with zero attached hydrogens (tertiary/aromatic N) is 10. The van der Waals surface area contributed by atoms with Crippen molar-refractivity contribution < 1.29 is 39.5 Å². The van der Waals surface area contributed by atoms with Crippen molar-refractivity contribution in [2.45, 2.75) is 38.2 Å². The summed E-state index contributed by atoms with van der Waals surface area (Å²) in [6.45, 7) is 0.336. The minimum Gasteiger partial charge on any atom is -0.285 e. The molecule has 0 amide bonds. The summed E-state index contributed by atoms with van der Waals surface area (Å²) in [7, 11) is 0. The fourth-order valence-corrected chi connectivity index (χ4v) is 4.76. The van der Waals surface area contributed by atoms with E-state index in [2.05, 4.69) is 30.9 Å². The monoisotopic (exact) mass is 692 g/mol. The highest BCUT2D eigenvalue weighted by atomic mass is 19.4. The lowest BCUT2D eigenvalue weighted by molar-refractivity contribution is -0.138. The highest BCUT2D eigenvalue weighted by Gasteiger charge is 2.31. The zero-order chi connectivity index (χ0) is 35.0. The van der Waals surface area contributed by atoms with Crippen LogP contribution in [0.15, 0.2) is 91.4 Å². The highest BCUT2D eigenvalue weighted by Crippen LogP contribution is 2.31. The Balaban J connectivity index is 1.22. The van der Waals surface area contributed by atoms with Gasteiger partial charge >= 0.3 is 18.5 Å². The van der Waals surface area contributed by atoms with Crippen molar-refractivity contribution in [1.82, 2.24) is 49.9 Å². The summed E-state index contributed by atoms with van der Waals surface area (Å²) in [6, 6.07) is 13.0. The number of halogens is 9. The summed E-state index contributed by atoms with van der Waals surface area (Å²) in [5, 5.41) is 24.4. The molecule has 0 N–H and O–H groups in total.